The third-order valence-corrected chi connectivity index (χ3v) is 3.16. The van der Waals surface area contributed by atoms with Gasteiger partial charge in [0.2, 0.25) is 0 Å². The molecule has 0 spiro atoms. The highest BCUT2D eigenvalue weighted by Gasteiger charge is 1.97. The third kappa shape index (κ3) is 5.83. The van der Waals surface area contributed by atoms with E-state index in [2.05, 4.69) is 22.9 Å². The molecule has 1 rings (SSSR count). The summed E-state index contributed by atoms with van der Waals surface area (Å²) in [6.45, 7) is 2.19. The fourth-order valence-corrected chi connectivity index (χ4v) is 2.15. The van der Waals surface area contributed by atoms with Gasteiger partial charge in [-0.3, -0.25) is 4.79 Å². The number of hydrogen-bond acceptors (Lipinski definition) is 1. The fourth-order valence-electron chi connectivity index (χ4n) is 1.73. The Balaban J connectivity index is 2.57. The molecule has 1 aromatic rings. The Morgan fingerprint density at radius 1 is 1.29 bits per heavy atom. The zero-order valence-corrected chi connectivity index (χ0v) is 11.9. The molecule has 2 heteroatoms. The minimum Gasteiger partial charge on any atom is -0.298 e. The standard InChI is InChI=1S/C15H19BrO/c1-2-3-4-5-7-14(12-17)10-13-8-6-9-15(16)11-13/h6,8-12H,2-5,7H2,1H3. The Labute approximate surface area is 112 Å². The normalized spacial score (nSPS) is 11.5. The lowest BCUT2D eigenvalue weighted by Crippen LogP contribution is -1.87. The van der Waals surface area contributed by atoms with Gasteiger partial charge in [0.15, 0.2) is 0 Å². The minimum atomic E-state index is 0.885. The lowest BCUT2D eigenvalue weighted by molar-refractivity contribution is -0.105. The quantitative estimate of drug-likeness (QED) is 0.393. The molecule has 0 radical (unpaired) electrons. The Morgan fingerprint density at radius 3 is 2.76 bits per heavy atom. The Kier molecular flexibility index (Phi) is 6.87. The second-order valence-electron chi connectivity index (χ2n) is 4.20. The molecule has 0 aliphatic rings. The molecule has 0 unspecified atom stereocenters. The molecule has 92 valence electrons. The van der Waals surface area contributed by atoms with Crippen molar-refractivity contribution in [2.75, 3.05) is 0 Å². The molecular weight excluding hydrogens is 276 g/mol. The fraction of sp³-hybridized carbons (Fsp3) is 0.400. The summed E-state index contributed by atoms with van der Waals surface area (Å²) in [6, 6.07) is 8.00. The summed E-state index contributed by atoms with van der Waals surface area (Å²) in [5.41, 5.74) is 1.97. The molecule has 0 N–H and O–H groups in total. The van der Waals surface area contributed by atoms with E-state index in [9.17, 15) is 4.79 Å². The second-order valence-corrected chi connectivity index (χ2v) is 5.12. The molecule has 0 amide bonds. The van der Waals surface area contributed by atoms with Crippen LogP contribution in [0.3, 0.4) is 0 Å². The van der Waals surface area contributed by atoms with E-state index >= 15 is 0 Å². The summed E-state index contributed by atoms with van der Waals surface area (Å²) >= 11 is 3.43. The van der Waals surface area contributed by atoms with Crippen molar-refractivity contribution in [2.24, 2.45) is 0 Å². The largest absolute Gasteiger partial charge is 0.298 e. The molecule has 0 saturated carbocycles. The topological polar surface area (TPSA) is 17.1 Å². The number of rotatable bonds is 7. The molecule has 0 heterocycles. The molecular formula is C15H19BrO. The van der Waals surface area contributed by atoms with E-state index < -0.39 is 0 Å². The van der Waals surface area contributed by atoms with Crippen LogP contribution in [0.15, 0.2) is 34.3 Å². The van der Waals surface area contributed by atoms with Gasteiger partial charge in [-0.1, -0.05) is 54.2 Å². The second kappa shape index (κ2) is 8.24. The lowest BCUT2D eigenvalue weighted by Gasteiger charge is -2.01. The first kappa shape index (κ1) is 14.2. The zero-order valence-electron chi connectivity index (χ0n) is 10.3. The van der Waals surface area contributed by atoms with Gasteiger partial charge in [0.25, 0.3) is 0 Å². The van der Waals surface area contributed by atoms with E-state index in [0.717, 1.165) is 34.7 Å². The third-order valence-electron chi connectivity index (χ3n) is 2.67. The van der Waals surface area contributed by atoms with Gasteiger partial charge in [0.1, 0.15) is 6.29 Å². The molecule has 0 saturated heterocycles. The smallest absolute Gasteiger partial charge is 0.146 e. The van der Waals surface area contributed by atoms with Crippen molar-refractivity contribution >= 4 is 28.3 Å². The van der Waals surface area contributed by atoms with Gasteiger partial charge in [-0.2, -0.15) is 0 Å². The van der Waals surface area contributed by atoms with E-state index in [1.165, 1.54) is 19.3 Å². The molecule has 1 aromatic carbocycles. The molecule has 0 aliphatic heterocycles. The minimum absolute atomic E-state index is 0.885. The lowest BCUT2D eigenvalue weighted by atomic mass is 10.0. The van der Waals surface area contributed by atoms with Crippen LogP contribution in [0.25, 0.3) is 6.08 Å². The Hall–Kier alpha value is -0.890. The highest BCUT2D eigenvalue weighted by Crippen LogP contribution is 2.16. The highest BCUT2D eigenvalue weighted by atomic mass is 79.9. The summed E-state index contributed by atoms with van der Waals surface area (Å²) in [6.07, 6.45) is 8.63. The number of benzene rings is 1. The molecule has 17 heavy (non-hydrogen) atoms. The number of unbranched alkanes of at least 4 members (excludes halogenated alkanes) is 3. The summed E-state index contributed by atoms with van der Waals surface area (Å²) in [7, 11) is 0. The van der Waals surface area contributed by atoms with Crippen LogP contribution >= 0.6 is 15.9 Å². The first-order valence-corrected chi connectivity index (χ1v) is 6.97. The molecule has 0 aromatic heterocycles. The number of halogens is 1. The molecule has 0 bridgehead atoms. The van der Waals surface area contributed by atoms with E-state index in [1.807, 2.05) is 30.3 Å². The number of hydrogen-bond donors (Lipinski definition) is 0. The van der Waals surface area contributed by atoms with Crippen LogP contribution in [0.1, 0.15) is 44.6 Å². The average Bonchev–Trinajstić information content (AvgIpc) is 2.33. The van der Waals surface area contributed by atoms with Gasteiger partial charge in [-0.05, 0) is 42.2 Å². The van der Waals surface area contributed by atoms with Gasteiger partial charge < -0.3 is 0 Å². The van der Waals surface area contributed by atoms with E-state index in [-0.39, 0.29) is 0 Å². The molecule has 0 atom stereocenters. The first-order chi connectivity index (χ1) is 8.26. The SMILES string of the molecule is CCCCCCC(C=O)=Cc1cccc(Br)c1. The summed E-state index contributed by atoms with van der Waals surface area (Å²) in [4.78, 5) is 11.0. The molecule has 0 aliphatic carbocycles. The van der Waals surface area contributed by atoms with Gasteiger partial charge in [0.05, 0.1) is 0 Å². The van der Waals surface area contributed by atoms with Crippen LogP contribution in [0.4, 0.5) is 0 Å². The maximum Gasteiger partial charge on any atom is 0.146 e. The van der Waals surface area contributed by atoms with E-state index in [1.54, 1.807) is 0 Å². The van der Waals surface area contributed by atoms with Gasteiger partial charge in [-0.25, -0.2) is 0 Å². The van der Waals surface area contributed by atoms with Crippen molar-refractivity contribution in [2.45, 2.75) is 39.0 Å². The predicted octanol–water partition coefficient (Wildman–Crippen LogP) is 5.00. The molecule has 1 nitrogen and oxygen atoms in total. The Bertz CT molecular complexity index is 382. The van der Waals surface area contributed by atoms with Crippen molar-refractivity contribution in [3.8, 4) is 0 Å². The van der Waals surface area contributed by atoms with E-state index in [4.69, 9.17) is 0 Å². The summed E-state index contributed by atoms with van der Waals surface area (Å²) < 4.78 is 1.04. The van der Waals surface area contributed by atoms with Gasteiger partial charge >= 0.3 is 0 Å². The summed E-state index contributed by atoms with van der Waals surface area (Å²) in [5, 5.41) is 0. The van der Waals surface area contributed by atoms with Crippen molar-refractivity contribution in [1.29, 1.82) is 0 Å². The van der Waals surface area contributed by atoms with Crippen molar-refractivity contribution in [3.05, 3.63) is 39.9 Å². The van der Waals surface area contributed by atoms with Gasteiger partial charge in [0, 0.05) is 4.47 Å². The number of aldehydes is 1. The van der Waals surface area contributed by atoms with Crippen LogP contribution in [0, 0.1) is 0 Å². The molecule has 0 fully saturated rings. The van der Waals surface area contributed by atoms with Crippen LogP contribution in [-0.2, 0) is 4.79 Å². The van der Waals surface area contributed by atoms with Crippen LogP contribution in [-0.4, -0.2) is 6.29 Å². The summed E-state index contributed by atoms with van der Waals surface area (Å²) in [5.74, 6) is 0. The van der Waals surface area contributed by atoms with E-state index in [0.29, 0.717) is 0 Å². The predicted molar refractivity (Wildman–Crippen MR) is 76.9 cm³/mol. The van der Waals surface area contributed by atoms with Crippen molar-refractivity contribution in [1.82, 2.24) is 0 Å². The number of allylic oxidation sites excluding steroid dienone is 1. The number of carbonyl (C=O) groups is 1. The highest BCUT2D eigenvalue weighted by molar-refractivity contribution is 9.10. The number of carbonyl (C=O) groups excluding carboxylic acids is 1. The van der Waals surface area contributed by atoms with Crippen LogP contribution in [0.2, 0.25) is 0 Å². The maximum atomic E-state index is 11.0. The zero-order chi connectivity index (χ0) is 12.5. The van der Waals surface area contributed by atoms with Crippen LogP contribution in [0.5, 0.6) is 0 Å². The van der Waals surface area contributed by atoms with Gasteiger partial charge in [-0.15, -0.1) is 0 Å². The van der Waals surface area contributed by atoms with Crippen molar-refractivity contribution < 1.29 is 4.79 Å². The Morgan fingerprint density at radius 2 is 2.12 bits per heavy atom. The van der Waals surface area contributed by atoms with Crippen molar-refractivity contribution in [3.63, 3.8) is 0 Å². The monoisotopic (exact) mass is 294 g/mol. The average molecular weight is 295 g/mol. The first-order valence-electron chi connectivity index (χ1n) is 6.17. The van der Waals surface area contributed by atoms with Crippen LogP contribution < -0.4 is 0 Å². The maximum absolute atomic E-state index is 11.0.